The molecule has 9 heteroatoms. The van der Waals surface area contributed by atoms with E-state index in [0.29, 0.717) is 55.6 Å². The normalized spacial score (nSPS) is 14.9. The Morgan fingerprint density at radius 2 is 1.79 bits per heavy atom. The third-order valence-corrected chi connectivity index (χ3v) is 8.29. The number of aromatic nitrogens is 1. The van der Waals surface area contributed by atoms with Gasteiger partial charge in [-0.1, -0.05) is 81.0 Å². The molecule has 1 aliphatic heterocycles. The summed E-state index contributed by atoms with van der Waals surface area (Å²) in [5.74, 6) is 0.309. The lowest BCUT2D eigenvalue weighted by molar-refractivity contribution is -0.139. The maximum absolute atomic E-state index is 14.0. The van der Waals surface area contributed by atoms with Gasteiger partial charge in [-0.3, -0.25) is 9.36 Å². The van der Waals surface area contributed by atoms with Crippen molar-refractivity contribution < 1.29 is 23.5 Å². The number of benzene rings is 2. The Labute approximate surface area is 253 Å². The lowest BCUT2D eigenvalue weighted by Gasteiger charge is -2.26. The second kappa shape index (κ2) is 12.8. The van der Waals surface area contributed by atoms with Crippen molar-refractivity contribution in [2.24, 2.45) is 4.99 Å². The predicted molar refractivity (Wildman–Crippen MR) is 166 cm³/mol. The van der Waals surface area contributed by atoms with Crippen LogP contribution in [0.4, 0.5) is 0 Å². The molecule has 0 saturated carbocycles. The molecular formula is C34H34N2O6S. The molecule has 0 bridgehead atoms. The highest BCUT2D eigenvalue weighted by Crippen LogP contribution is 2.33. The highest BCUT2D eigenvalue weighted by Gasteiger charge is 2.34. The number of furan rings is 1. The maximum Gasteiger partial charge on any atom is 0.338 e. The van der Waals surface area contributed by atoms with Crippen LogP contribution in [0.3, 0.4) is 0 Å². The predicted octanol–water partition coefficient (Wildman–Crippen LogP) is 5.75. The zero-order valence-corrected chi connectivity index (χ0v) is 25.7. The first-order valence-electron chi connectivity index (χ1n) is 14.4. The van der Waals surface area contributed by atoms with Gasteiger partial charge >= 0.3 is 11.9 Å². The second-order valence-corrected chi connectivity index (χ2v) is 11.5. The zero-order chi connectivity index (χ0) is 30.7. The van der Waals surface area contributed by atoms with Gasteiger partial charge in [-0.15, -0.1) is 0 Å². The van der Waals surface area contributed by atoms with Crippen LogP contribution in [0.5, 0.6) is 0 Å². The van der Waals surface area contributed by atoms with E-state index in [4.69, 9.17) is 18.9 Å². The molecule has 2 aromatic carbocycles. The summed E-state index contributed by atoms with van der Waals surface area (Å²) in [6, 6.07) is 17.9. The zero-order valence-electron chi connectivity index (χ0n) is 24.9. The number of nitrogens with zero attached hydrogens (tertiary/aromatic N) is 2. The van der Waals surface area contributed by atoms with Crippen molar-refractivity contribution in [3.8, 4) is 11.3 Å². The standard InChI is InChI=1S/C34H34N2O6S/c1-6-10-26-29(33(39)41-7-2)30(22-15-13-21(14-16-22)20(3)4)36-31(37)28(43-34(36)35-26)19-23-17-18-27(42-23)24-11-8-9-12-25(24)32(38)40-5/h8-9,11-20,30H,6-7,10H2,1-5H3/b28-19+/t30-/m0/s1. The fraction of sp³-hybridized carbons (Fsp3) is 0.294. The SMILES string of the molecule is CCCC1=C(C(=O)OCC)[C@H](c2ccc(C(C)C)cc2)n2c(s/c(=C/c3ccc(-c4ccccc4C(=O)OC)o3)c2=O)=N1. The molecule has 8 nitrogen and oxygen atoms in total. The van der Waals surface area contributed by atoms with Crippen LogP contribution in [0, 0.1) is 0 Å². The third kappa shape index (κ3) is 5.90. The van der Waals surface area contributed by atoms with Crippen molar-refractivity contribution in [1.82, 2.24) is 4.57 Å². The average Bonchev–Trinajstić information content (AvgIpc) is 3.60. The number of hydrogen-bond donors (Lipinski definition) is 0. The van der Waals surface area contributed by atoms with E-state index in [1.54, 1.807) is 47.9 Å². The molecule has 3 heterocycles. The molecule has 0 saturated heterocycles. The summed E-state index contributed by atoms with van der Waals surface area (Å²) in [7, 11) is 1.33. The second-order valence-electron chi connectivity index (χ2n) is 10.5. The van der Waals surface area contributed by atoms with E-state index < -0.39 is 18.0 Å². The number of methoxy groups -OCH3 is 1. The summed E-state index contributed by atoms with van der Waals surface area (Å²) >= 11 is 1.24. The first kappa shape index (κ1) is 30.0. The largest absolute Gasteiger partial charge is 0.465 e. The lowest BCUT2D eigenvalue weighted by atomic mass is 9.92. The van der Waals surface area contributed by atoms with E-state index in [1.165, 1.54) is 18.4 Å². The average molecular weight is 599 g/mol. The highest BCUT2D eigenvalue weighted by molar-refractivity contribution is 7.07. The summed E-state index contributed by atoms with van der Waals surface area (Å²) in [6.45, 7) is 8.25. The van der Waals surface area contributed by atoms with Gasteiger partial charge in [0.2, 0.25) is 0 Å². The summed E-state index contributed by atoms with van der Waals surface area (Å²) in [5.41, 5.74) is 3.67. The van der Waals surface area contributed by atoms with Crippen LogP contribution in [-0.2, 0) is 14.3 Å². The number of rotatable bonds is 9. The van der Waals surface area contributed by atoms with E-state index in [9.17, 15) is 14.4 Å². The van der Waals surface area contributed by atoms with Gasteiger partial charge in [0.05, 0.1) is 41.1 Å². The topological polar surface area (TPSA) is 100 Å². The van der Waals surface area contributed by atoms with E-state index in [0.717, 1.165) is 17.5 Å². The number of ether oxygens (including phenoxy) is 2. The molecule has 5 rings (SSSR count). The van der Waals surface area contributed by atoms with Gasteiger partial charge < -0.3 is 13.9 Å². The van der Waals surface area contributed by atoms with E-state index in [1.807, 2.05) is 37.3 Å². The van der Waals surface area contributed by atoms with Gasteiger partial charge in [0, 0.05) is 11.6 Å². The minimum atomic E-state index is -0.681. The van der Waals surface area contributed by atoms with Crippen molar-refractivity contribution >= 4 is 29.4 Å². The van der Waals surface area contributed by atoms with E-state index in [-0.39, 0.29) is 12.2 Å². The van der Waals surface area contributed by atoms with Crippen LogP contribution in [0.2, 0.25) is 0 Å². The number of carbonyl (C=O) groups is 2. The van der Waals surface area contributed by atoms with Crippen molar-refractivity contribution in [2.75, 3.05) is 13.7 Å². The van der Waals surface area contributed by atoms with Crippen molar-refractivity contribution in [2.45, 2.75) is 52.5 Å². The molecule has 2 aromatic heterocycles. The van der Waals surface area contributed by atoms with E-state index >= 15 is 0 Å². The minimum Gasteiger partial charge on any atom is -0.465 e. The molecule has 0 unspecified atom stereocenters. The molecule has 0 fully saturated rings. The number of carbonyl (C=O) groups excluding carboxylic acids is 2. The number of hydrogen-bond acceptors (Lipinski definition) is 8. The highest BCUT2D eigenvalue weighted by atomic mass is 32.1. The fourth-order valence-electron chi connectivity index (χ4n) is 5.19. The molecule has 43 heavy (non-hydrogen) atoms. The quantitative estimate of drug-likeness (QED) is 0.228. The number of allylic oxidation sites excluding steroid dienone is 1. The molecule has 1 aliphatic rings. The first-order valence-corrected chi connectivity index (χ1v) is 15.2. The van der Waals surface area contributed by atoms with Crippen LogP contribution >= 0.6 is 11.3 Å². The Morgan fingerprint density at radius 3 is 2.47 bits per heavy atom. The van der Waals surface area contributed by atoms with Crippen molar-refractivity contribution in [3.63, 3.8) is 0 Å². The molecule has 0 spiro atoms. The van der Waals surface area contributed by atoms with Crippen molar-refractivity contribution in [3.05, 3.63) is 114 Å². The van der Waals surface area contributed by atoms with Gasteiger partial charge in [-0.2, -0.15) is 0 Å². The van der Waals surface area contributed by atoms with Gasteiger partial charge in [-0.05, 0) is 48.6 Å². The Morgan fingerprint density at radius 1 is 1.05 bits per heavy atom. The van der Waals surface area contributed by atoms with Gasteiger partial charge in [0.25, 0.3) is 5.56 Å². The Kier molecular flexibility index (Phi) is 8.92. The summed E-state index contributed by atoms with van der Waals surface area (Å²) in [5, 5.41) is 0. The Hall–Kier alpha value is -4.50. The Balaban J connectivity index is 1.66. The minimum absolute atomic E-state index is 0.213. The number of esters is 2. The summed E-state index contributed by atoms with van der Waals surface area (Å²) in [6.07, 6.45) is 3.01. The summed E-state index contributed by atoms with van der Waals surface area (Å²) < 4.78 is 18.5. The molecule has 0 N–H and O–H groups in total. The monoisotopic (exact) mass is 598 g/mol. The molecule has 4 aromatic rings. The summed E-state index contributed by atoms with van der Waals surface area (Å²) in [4.78, 5) is 45.0. The number of fused-ring (bicyclic) bond motifs is 1. The fourth-order valence-corrected chi connectivity index (χ4v) is 6.19. The third-order valence-electron chi connectivity index (χ3n) is 7.31. The first-order chi connectivity index (χ1) is 20.8. The van der Waals surface area contributed by atoms with Crippen LogP contribution in [0.25, 0.3) is 17.4 Å². The number of thiazole rings is 1. The molecule has 1 atom stereocenters. The molecule has 222 valence electrons. The van der Waals surface area contributed by atoms with Crippen LogP contribution in [-0.4, -0.2) is 30.2 Å². The van der Waals surface area contributed by atoms with Gasteiger partial charge in [0.15, 0.2) is 4.80 Å². The van der Waals surface area contributed by atoms with Gasteiger partial charge in [0.1, 0.15) is 11.5 Å². The van der Waals surface area contributed by atoms with Gasteiger partial charge in [-0.25, -0.2) is 14.6 Å². The molecule has 0 aliphatic carbocycles. The Bertz CT molecular complexity index is 1870. The smallest absolute Gasteiger partial charge is 0.338 e. The van der Waals surface area contributed by atoms with Crippen LogP contribution < -0.4 is 14.9 Å². The van der Waals surface area contributed by atoms with Crippen molar-refractivity contribution in [1.29, 1.82) is 0 Å². The van der Waals surface area contributed by atoms with Crippen LogP contribution in [0.1, 0.15) is 79.7 Å². The lowest BCUT2D eigenvalue weighted by Crippen LogP contribution is -2.40. The van der Waals surface area contributed by atoms with Crippen LogP contribution in [0.15, 0.2) is 86.1 Å². The molecular weight excluding hydrogens is 564 g/mol. The molecule has 0 amide bonds. The molecule has 0 radical (unpaired) electrons. The maximum atomic E-state index is 14.0. The van der Waals surface area contributed by atoms with E-state index in [2.05, 4.69) is 13.8 Å².